The van der Waals surface area contributed by atoms with Crippen molar-refractivity contribution in [2.45, 2.75) is 39.7 Å². The van der Waals surface area contributed by atoms with Crippen molar-refractivity contribution in [3.63, 3.8) is 0 Å². The average molecular weight is 313 g/mol. The molecule has 0 aliphatic rings. The molecule has 0 aromatic heterocycles. The summed E-state index contributed by atoms with van der Waals surface area (Å²) in [4.78, 5) is 0. The second-order valence-corrected chi connectivity index (χ2v) is 7.55. The molecule has 0 spiro atoms. The standard InChI is InChI=1S/C16H27NO3S/c1-5-7-10-21(18,19)12-15(17-6-2)14-11-13(3)8-9-16(14)20-4/h8-9,11,15,17H,5-7,10,12H2,1-4H3. The smallest absolute Gasteiger partial charge is 0.152 e. The van der Waals surface area contributed by atoms with Crippen molar-refractivity contribution in [1.29, 1.82) is 0 Å². The van der Waals surface area contributed by atoms with Crippen LogP contribution in [-0.2, 0) is 9.84 Å². The van der Waals surface area contributed by atoms with E-state index in [0.29, 0.717) is 13.0 Å². The summed E-state index contributed by atoms with van der Waals surface area (Å²) >= 11 is 0. The van der Waals surface area contributed by atoms with Crippen LogP contribution in [0.4, 0.5) is 0 Å². The van der Waals surface area contributed by atoms with Gasteiger partial charge in [0.1, 0.15) is 5.75 Å². The fourth-order valence-corrected chi connectivity index (χ4v) is 4.03. The molecule has 0 amide bonds. The zero-order valence-electron chi connectivity index (χ0n) is 13.5. The Labute approximate surface area is 128 Å². The van der Waals surface area contributed by atoms with Crippen LogP contribution < -0.4 is 10.1 Å². The monoisotopic (exact) mass is 313 g/mol. The molecule has 21 heavy (non-hydrogen) atoms. The van der Waals surface area contributed by atoms with Gasteiger partial charge in [0.25, 0.3) is 0 Å². The number of rotatable bonds is 9. The van der Waals surface area contributed by atoms with Crippen molar-refractivity contribution in [2.75, 3.05) is 25.2 Å². The van der Waals surface area contributed by atoms with E-state index in [-0.39, 0.29) is 17.5 Å². The summed E-state index contributed by atoms with van der Waals surface area (Å²) in [6.45, 7) is 6.69. The minimum absolute atomic E-state index is 0.112. The first-order valence-corrected chi connectivity index (χ1v) is 9.34. The van der Waals surface area contributed by atoms with E-state index >= 15 is 0 Å². The minimum atomic E-state index is -3.07. The molecule has 1 rings (SSSR count). The van der Waals surface area contributed by atoms with Gasteiger partial charge in [0.2, 0.25) is 0 Å². The van der Waals surface area contributed by atoms with E-state index in [1.165, 1.54) is 0 Å². The molecular weight excluding hydrogens is 286 g/mol. The molecule has 4 nitrogen and oxygen atoms in total. The highest BCUT2D eigenvalue weighted by Crippen LogP contribution is 2.27. The van der Waals surface area contributed by atoms with Crippen LogP contribution in [0.25, 0.3) is 0 Å². The molecule has 0 heterocycles. The van der Waals surface area contributed by atoms with Gasteiger partial charge in [-0.05, 0) is 26.0 Å². The molecule has 5 heteroatoms. The van der Waals surface area contributed by atoms with Gasteiger partial charge in [-0.2, -0.15) is 0 Å². The number of unbranched alkanes of at least 4 members (excludes halogenated alkanes) is 1. The first-order chi connectivity index (χ1) is 9.93. The van der Waals surface area contributed by atoms with Crippen LogP contribution in [0, 0.1) is 6.92 Å². The van der Waals surface area contributed by atoms with Gasteiger partial charge >= 0.3 is 0 Å². The Hall–Kier alpha value is -1.07. The Kier molecular flexibility index (Phi) is 7.18. The topological polar surface area (TPSA) is 55.4 Å². The van der Waals surface area contributed by atoms with Gasteiger partial charge in [-0.15, -0.1) is 0 Å². The van der Waals surface area contributed by atoms with Gasteiger partial charge in [0.15, 0.2) is 9.84 Å². The maximum Gasteiger partial charge on any atom is 0.152 e. The fraction of sp³-hybridized carbons (Fsp3) is 0.625. The molecule has 0 aliphatic carbocycles. The van der Waals surface area contributed by atoms with E-state index in [4.69, 9.17) is 4.74 Å². The summed E-state index contributed by atoms with van der Waals surface area (Å²) in [5.41, 5.74) is 2.01. The number of sulfone groups is 1. The quantitative estimate of drug-likeness (QED) is 0.761. The van der Waals surface area contributed by atoms with Gasteiger partial charge < -0.3 is 10.1 Å². The molecule has 0 saturated carbocycles. The van der Waals surface area contributed by atoms with E-state index in [0.717, 1.165) is 23.3 Å². The van der Waals surface area contributed by atoms with Gasteiger partial charge in [0, 0.05) is 11.6 Å². The lowest BCUT2D eigenvalue weighted by atomic mass is 10.0. The van der Waals surface area contributed by atoms with Gasteiger partial charge in [-0.1, -0.05) is 38.0 Å². The van der Waals surface area contributed by atoms with Crippen molar-refractivity contribution >= 4 is 9.84 Å². The number of hydrogen-bond donors (Lipinski definition) is 1. The Morgan fingerprint density at radius 2 is 2.00 bits per heavy atom. The van der Waals surface area contributed by atoms with Crippen molar-refractivity contribution in [1.82, 2.24) is 5.32 Å². The molecule has 0 radical (unpaired) electrons. The second-order valence-electron chi connectivity index (χ2n) is 5.32. The molecule has 0 aliphatic heterocycles. The zero-order chi connectivity index (χ0) is 15.9. The maximum absolute atomic E-state index is 12.3. The first kappa shape index (κ1) is 18.0. The third-order valence-electron chi connectivity index (χ3n) is 3.44. The van der Waals surface area contributed by atoms with Gasteiger partial charge in [0.05, 0.1) is 18.6 Å². The van der Waals surface area contributed by atoms with Crippen LogP contribution in [0.1, 0.15) is 43.9 Å². The zero-order valence-corrected chi connectivity index (χ0v) is 14.3. The molecular formula is C16H27NO3S. The van der Waals surface area contributed by atoms with Crippen LogP contribution in [-0.4, -0.2) is 33.6 Å². The van der Waals surface area contributed by atoms with Crippen molar-refractivity contribution in [3.8, 4) is 5.75 Å². The maximum atomic E-state index is 12.3. The van der Waals surface area contributed by atoms with Gasteiger partial charge in [-0.3, -0.25) is 0 Å². The van der Waals surface area contributed by atoms with E-state index in [1.54, 1.807) is 7.11 Å². The molecule has 0 bridgehead atoms. The van der Waals surface area contributed by atoms with E-state index in [9.17, 15) is 8.42 Å². The highest BCUT2D eigenvalue weighted by Gasteiger charge is 2.22. The van der Waals surface area contributed by atoms with E-state index in [1.807, 2.05) is 39.0 Å². The molecule has 0 fully saturated rings. The number of hydrogen-bond acceptors (Lipinski definition) is 4. The van der Waals surface area contributed by atoms with Crippen LogP contribution in [0.5, 0.6) is 5.75 Å². The molecule has 1 atom stereocenters. The molecule has 1 aromatic carbocycles. The number of methoxy groups -OCH3 is 1. The van der Waals surface area contributed by atoms with Crippen LogP contribution in [0.15, 0.2) is 18.2 Å². The Balaban J connectivity index is 3.04. The van der Waals surface area contributed by atoms with Crippen molar-refractivity contribution in [2.24, 2.45) is 0 Å². The average Bonchev–Trinajstić information content (AvgIpc) is 2.44. The number of nitrogens with one attached hydrogen (secondary N) is 1. The van der Waals surface area contributed by atoms with Crippen molar-refractivity contribution in [3.05, 3.63) is 29.3 Å². The number of ether oxygens (including phenoxy) is 1. The SMILES string of the molecule is CCCCS(=O)(=O)CC(NCC)c1cc(C)ccc1OC. The Morgan fingerprint density at radius 3 is 2.57 bits per heavy atom. The third kappa shape index (κ3) is 5.67. The van der Waals surface area contributed by atoms with Gasteiger partial charge in [-0.25, -0.2) is 8.42 Å². The van der Waals surface area contributed by atoms with E-state index in [2.05, 4.69) is 5.32 Å². The number of benzene rings is 1. The van der Waals surface area contributed by atoms with Crippen LogP contribution in [0.2, 0.25) is 0 Å². The first-order valence-electron chi connectivity index (χ1n) is 7.51. The van der Waals surface area contributed by atoms with Crippen LogP contribution >= 0.6 is 0 Å². The fourth-order valence-electron chi connectivity index (χ4n) is 2.33. The molecule has 1 aromatic rings. The number of aryl methyl sites for hydroxylation is 1. The lowest BCUT2D eigenvalue weighted by molar-refractivity contribution is 0.402. The minimum Gasteiger partial charge on any atom is -0.496 e. The highest BCUT2D eigenvalue weighted by molar-refractivity contribution is 7.91. The van der Waals surface area contributed by atoms with Crippen LogP contribution in [0.3, 0.4) is 0 Å². The largest absolute Gasteiger partial charge is 0.496 e. The normalized spacial score (nSPS) is 13.1. The van der Waals surface area contributed by atoms with E-state index < -0.39 is 9.84 Å². The molecule has 1 unspecified atom stereocenters. The lowest BCUT2D eigenvalue weighted by Gasteiger charge is -2.21. The summed E-state index contributed by atoms with van der Waals surface area (Å²) in [6.07, 6.45) is 1.60. The third-order valence-corrected chi connectivity index (χ3v) is 5.19. The summed E-state index contributed by atoms with van der Waals surface area (Å²) in [5.74, 6) is 1.09. The molecule has 0 saturated heterocycles. The highest BCUT2D eigenvalue weighted by atomic mass is 32.2. The molecule has 1 N–H and O–H groups in total. The summed E-state index contributed by atoms with van der Waals surface area (Å²) in [6, 6.07) is 5.64. The Bertz CT molecular complexity index is 540. The lowest BCUT2D eigenvalue weighted by Crippen LogP contribution is -2.29. The summed E-state index contributed by atoms with van der Waals surface area (Å²) in [7, 11) is -1.46. The predicted octanol–water partition coefficient (Wildman–Crippen LogP) is 2.87. The second kappa shape index (κ2) is 8.39. The van der Waals surface area contributed by atoms with Crippen molar-refractivity contribution < 1.29 is 13.2 Å². The summed E-state index contributed by atoms with van der Waals surface area (Å²) < 4.78 is 29.9. The predicted molar refractivity (Wildman–Crippen MR) is 87.7 cm³/mol. The summed E-state index contributed by atoms with van der Waals surface area (Å²) in [5, 5.41) is 3.27. The Morgan fingerprint density at radius 1 is 1.29 bits per heavy atom. The molecule has 120 valence electrons.